The molecule has 4 nitrogen and oxygen atoms in total. The quantitative estimate of drug-likeness (QED) is 0.781. The van der Waals surface area contributed by atoms with E-state index in [0.717, 1.165) is 5.52 Å². The van der Waals surface area contributed by atoms with Gasteiger partial charge in [-0.15, -0.1) is 0 Å². The molecular formula is C12H14N2O2. The number of hydrogen-bond acceptors (Lipinski definition) is 3. The number of hydrogen-bond donors (Lipinski definition) is 1. The van der Waals surface area contributed by atoms with Gasteiger partial charge in [-0.2, -0.15) is 0 Å². The lowest BCUT2D eigenvalue weighted by molar-refractivity contribution is 0.0721. The van der Waals surface area contributed by atoms with Crippen molar-refractivity contribution in [3.05, 3.63) is 40.3 Å². The summed E-state index contributed by atoms with van der Waals surface area (Å²) in [6, 6.07) is 7.36. The first-order valence-electron chi connectivity index (χ1n) is 5.10. The largest absolute Gasteiger partial charge is 0.384 e. The molecule has 0 spiro atoms. The Morgan fingerprint density at radius 3 is 2.56 bits per heavy atom. The Hall–Kier alpha value is -1.68. The Balaban J connectivity index is 2.90. The number of benzene rings is 1. The third-order valence-corrected chi connectivity index (χ3v) is 2.56. The Morgan fingerprint density at radius 1 is 1.31 bits per heavy atom. The van der Waals surface area contributed by atoms with Crippen molar-refractivity contribution in [3.63, 3.8) is 0 Å². The highest BCUT2D eigenvalue weighted by Gasteiger charge is 2.23. The van der Waals surface area contributed by atoms with Gasteiger partial charge in [0, 0.05) is 7.05 Å². The summed E-state index contributed by atoms with van der Waals surface area (Å²) in [7, 11) is 1.68. The number of nitrogens with zero attached hydrogens (tertiary/aromatic N) is 2. The molecule has 1 aromatic heterocycles. The molecule has 1 heterocycles. The van der Waals surface area contributed by atoms with Crippen molar-refractivity contribution in [2.45, 2.75) is 19.4 Å². The fourth-order valence-corrected chi connectivity index (χ4v) is 1.68. The number of rotatable bonds is 1. The van der Waals surface area contributed by atoms with Crippen LogP contribution in [0.3, 0.4) is 0 Å². The summed E-state index contributed by atoms with van der Waals surface area (Å²) in [5.41, 5.74) is 0.168. The maximum Gasteiger partial charge on any atom is 0.275 e. The van der Waals surface area contributed by atoms with Crippen molar-refractivity contribution >= 4 is 11.0 Å². The molecule has 16 heavy (non-hydrogen) atoms. The van der Waals surface area contributed by atoms with Gasteiger partial charge < -0.3 is 9.67 Å². The van der Waals surface area contributed by atoms with Crippen LogP contribution in [0.25, 0.3) is 11.0 Å². The molecule has 0 unspecified atom stereocenters. The molecule has 0 aliphatic rings. The number of aryl methyl sites for hydroxylation is 1. The number of para-hydroxylation sites is 2. The summed E-state index contributed by atoms with van der Waals surface area (Å²) in [6.07, 6.45) is 0. The molecule has 0 atom stereocenters. The van der Waals surface area contributed by atoms with E-state index in [9.17, 15) is 9.90 Å². The lowest BCUT2D eigenvalue weighted by atomic mass is 10.1. The highest BCUT2D eigenvalue weighted by Crippen LogP contribution is 2.16. The predicted molar refractivity (Wildman–Crippen MR) is 62.2 cm³/mol. The topological polar surface area (TPSA) is 55.1 Å². The van der Waals surface area contributed by atoms with E-state index < -0.39 is 5.60 Å². The van der Waals surface area contributed by atoms with Crippen LogP contribution in [0.15, 0.2) is 29.1 Å². The van der Waals surface area contributed by atoms with E-state index in [4.69, 9.17) is 0 Å². The third-order valence-electron chi connectivity index (χ3n) is 2.56. The normalized spacial score (nSPS) is 12.0. The highest BCUT2D eigenvalue weighted by atomic mass is 16.3. The van der Waals surface area contributed by atoms with Gasteiger partial charge in [0.05, 0.1) is 11.0 Å². The summed E-state index contributed by atoms with van der Waals surface area (Å²) in [6.45, 7) is 3.12. The molecule has 0 fully saturated rings. The molecule has 0 amide bonds. The zero-order chi connectivity index (χ0) is 11.9. The second-order valence-electron chi connectivity index (χ2n) is 4.37. The molecule has 0 radical (unpaired) electrons. The van der Waals surface area contributed by atoms with Gasteiger partial charge >= 0.3 is 0 Å². The van der Waals surface area contributed by atoms with E-state index >= 15 is 0 Å². The number of fused-ring (bicyclic) bond motifs is 1. The molecule has 2 rings (SSSR count). The lowest BCUT2D eigenvalue weighted by Crippen LogP contribution is -2.32. The van der Waals surface area contributed by atoms with Gasteiger partial charge in [-0.25, -0.2) is 4.98 Å². The minimum absolute atomic E-state index is 0.175. The maximum absolute atomic E-state index is 12.0. The van der Waals surface area contributed by atoms with Gasteiger partial charge in [0.25, 0.3) is 5.56 Å². The van der Waals surface area contributed by atoms with Crippen LogP contribution in [-0.4, -0.2) is 14.7 Å². The second-order valence-corrected chi connectivity index (χ2v) is 4.37. The Morgan fingerprint density at radius 2 is 1.94 bits per heavy atom. The van der Waals surface area contributed by atoms with Crippen molar-refractivity contribution < 1.29 is 5.11 Å². The summed E-state index contributed by atoms with van der Waals surface area (Å²) in [5, 5.41) is 9.88. The van der Waals surface area contributed by atoms with Gasteiger partial charge in [-0.1, -0.05) is 12.1 Å². The molecule has 1 N–H and O–H groups in total. The molecule has 0 bridgehead atoms. The highest BCUT2D eigenvalue weighted by molar-refractivity contribution is 5.74. The zero-order valence-electron chi connectivity index (χ0n) is 9.56. The van der Waals surface area contributed by atoms with Gasteiger partial charge in [0.15, 0.2) is 0 Å². The molecular weight excluding hydrogens is 204 g/mol. The van der Waals surface area contributed by atoms with Gasteiger partial charge in [0.2, 0.25) is 0 Å². The molecule has 0 aliphatic carbocycles. The number of aliphatic hydroxyl groups is 1. The van der Waals surface area contributed by atoms with Crippen LogP contribution in [0, 0.1) is 0 Å². The van der Waals surface area contributed by atoms with E-state index in [2.05, 4.69) is 4.98 Å². The van der Waals surface area contributed by atoms with Crippen LogP contribution >= 0.6 is 0 Å². The average Bonchev–Trinajstić information content (AvgIpc) is 2.22. The van der Waals surface area contributed by atoms with Gasteiger partial charge in [0.1, 0.15) is 11.3 Å². The Kier molecular flexibility index (Phi) is 2.31. The summed E-state index contributed by atoms with van der Waals surface area (Å²) in [5.74, 6) is 0. The van der Waals surface area contributed by atoms with Crippen molar-refractivity contribution in [2.75, 3.05) is 0 Å². The van der Waals surface area contributed by atoms with Crippen molar-refractivity contribution in [2.24, 2.45) is 7.05 Å². The lowest BCUT2D eigenvalue weighted by Gasteiger charge is -2.17. The molecule has 0 aliphatic heterocycles. The van der Waals surface area contributed by atoms with Crippen LogP contribution in [0.2, 0.25) is 0 Å². The van der Waals surface area contributed by atoms with Crippen LogP contribution in [0.4, 0.5) is 0 Å². The first kappa shape index (κ1) is 10.8. The van der Waals surface area contributed by atoms with Crippen LogP contribution in [0.1, 0.15) is 19.5 Å². The average molecular weight is 218 g/mol. The Bertz CT molecular complexity index is 594. The molecule has 0 saturated heterocycles. The molecule has 0 saturated carbocycles. The minimum atomic E-state index is -1.22. The minimum Gasteiger partial charge on any atom is -0.384 e. The fourth-order valence-electron chi connectivity index (χ4n) is 1.68. The van der Waals surface area contributed by atoms with Crippen LogP contribution in [0.5, 0.6) is 0 Å². The molecule has 4 heteroatoms. The zero-order valence-corrected chi connectivity index (χ0v) is 9.56. The van der Waals surface area contributed by atoms with E-state index in [1.165, 1.54) is 4.57 Å². The van der Waals surface area contributed by atoms with Crippen LogP contribution < -0.4 is 5.56 Å². The number of aromatic nitrogens is 2. The van der Waals surface area contributed by atoms with Crippen molar-refractivity contribution in [3.8, 4) is 0 Å². The van der Waals surface area contributed by atoms with Gasteiger partial charge in [-0.3, -0.25) is 4.79 Å². The molecule has 1 aromatic carbocycles. The van der Waals surface area contributed by atoms with E-state index in [0.29, 0.717) is 5.52 Å². The van der Waals surface area contributed by atoms with E-state index in [-0.39, 0.29) is 11.3 Å². The first-order valence-corrected chi connectivity index (χ1v) is 5.10. The van der Waals surface area contributed by atoms with Crippen molar-refractivity contribution in [1.29, 1.82) is 0 Å². The second kappa shape index (κ2) is 3.42. The SMILES string of the molecule is Cn1c(=O)c(C(C)(C)O)nc2ccccc21. The fraction of sp³-hybridized carbons (Fsp3) is 0.333. The molecule has 2 aromatic rings. The molecule has 84 valence electrons. The van der Waals surface area contributed by atoms with E-state index in [1.54, 1.807) is 20.9 Å². The standard InChI is InChI=1S/C12H14N2O2/c1-12(2,16)10-11(15)14(3)9-7-5-4-6-8(9)13-10/h4-7,16H,1-3H3. The maximum atomic E-state index is 12.0. The monoisotopic (exact) mass is 218 g/mol. The van der Waals surface area contributed by atoms with Gasteiger partial charge in [-0.05, 0) is 26.0 Å². The Labute approximate surface area is 93.2 Å². The van der Waals surface area contributed by atoms with E-state index in [1.807, 2.05) is 24.3 Å². The van der Waals surface area contributed by atoms with Crippen LogP contribution in [-0.2, 0) is 12.6 Å². The summed E-state index contributed by atoms with van der Waals surface area (Å²) < 4.78 is 1.51. The smallest absolute Gasteiger partial charge is 0.275 e. The first-order chi connectivity index (χ1) is 7.41. The summed E-state index contributed by atoms with van der Waals surface area (Å²) >= 11 is 0. The van der Waals surface area contributed by atoms with Crippen molar-refractivity contribution in [1.82, 2.24) is 9.55 Å². The predicted octanol–water partition coefficient (Wildman–Crippen LogP) is 1.16. The third kappa shape index (κ3) is 1.61. The summed E-state index contributed by atoms with van der Waals surface area (Å²) in [4.78, 5) is 16.2.